The Balaban J connectivity index is 3.06. The third kappa shape index (κ3) is 3.25. The van der Waals surface area contributed by atoms with Crippen molar-refractivity contribution in [2.75, 3.05) is 20.2 Å². The van der Waals surface area contributed by atoms with Crippen molar-refractivity contribution in [3.05, 3.63) is 24.3 Å². The zero-order valence-corrected chi connectivity index (χ0v) is 11.4. The van der Waals surface area contributed by atoms with E-state index in [0.29, 0.717) is 12.3 Å². The lowest BCUT2D eigenvalue weighted by atomic mass is 10.3. The molecule has 0 saturated heterocycles. The monoisotopic (exact) mass is 267 g/mol. The average molecular weight is 267 g/mol. The maximum Gasteiger partial charge on any atom is 0.243 e. The van der Waals surface area contributed by atoms with Gasteiger partial charge in [0.05, 0.1) is 18.6 Å². The SMILES string of the molecule is C#CCN(CCC)S(=O)(=O)c1ccc(OC)cc1. The van der Waals surface area contributed by atoms with E-state index in [1.807, 2.05) is 6.92 Å². The van der Waals surface area contributed by atoms with E-state index in [1.165, 1.54) is 23.5 Å². The second-order valence-electron chi connectivity index (χ2n) is 3.72. The molecular formula is C13H17NO3S. The molecule has 0 unspecified atom stereocenters. The summed E-state index contributed by atoms with van der Waals surface area (Å²) in [5, 5.41) is 0. The topological polar surface area (TPSA) is 46.6 Å². The minimum atomic E-state index is -3.52. The maximum atomic E-state index is 12.3. The zero-order chi connectivity index (χ0) is 13.6. The summed E-state index contributed by atoms with van der Waals surface area (Å²) in [6.45, 7) is 2.41. The van der Waals surface area contributed by atoms with Gasteiger partial charge in [0, 0.05) is 6.54 Å². The summed E-state index contributed by atoms with van der Waals surface area (Å²) in [5.74, 6) is 2.99. The van der Waals surface area contributed by atoms with E-state index in [4.69, 9.17) is 11.2 Å². The van der Waals surface area contributed by atoms with Gasteiger partial charge in [-0.05, 0) is 30.7 Å². The van der Waals surface area contributed by atoms with Gasteiger partial charge in [-0.15, -0.1) is 6.42 Å². The van der Waals surface area contributed by atoms with Crippen molar-refractivity contribution < 1.29 is 13.2 Å². The fraction of sp³-hybridized carbons (Fsp3) is 0.385. The number of rotatable bonds is 6. The number of sulfonamides is 1. The molecule has 0 radical (unpaired) electrons. The van der Waals surface area contributed by atoms with E-state index in [1.54, 1.807) is 12.1 Å². The first-order chi connectivity index (χ1) is 8.56. The van der Waals surface area contributed by atoms with Gasteiger partial charge in [-0.3, -0.25) is 0 Å². The highest BCUT2D eigenvalue weighted by atomic mass is 32.2. The summed E-state index contributed by atoms with van der Waals surface area (Å²) in [6.07, 6.45) is 5.92. The number of nitrogens with zero attached hydrogens (tertiary/aromatic N) is 1. The van der Waals surface area contributed by atoms with Gasteiger partial charge in [0.15, 0.2) is 0 Å². The van der Waals surface area contributed by atoms with E-state index in [-0.39, 0.29) is 11.4 Å². The van der Waals surface area contributed by atoms with Crippen molar-refractivity contribution in [3.63, 3.8) is 0 Å². The molecule has 1 aromatic carbocycles. The Bertz CT molecular complexity index is 514. The van der Waals surface area contributed by atoms with Crippen LogP contribution in [0.4, 0.5) is 0 Å². The van der Waals surface area contributed by atoms with Crippen LogP contribution >= 0.6 is 0 Å². The average Bonchev–Trinajstić information content (AvgIpc) is 2.38. The van der Waals surface area contributed by atoms with E-state index >= 15 is 0 Å². The molecule has 0 aliphatic heterocycles. The molecule has 0 amide bonds. The summed E-state index contributed by atoms with van der Waals surface area (Å²) in [7, 11) is -1.98. The van der Waals surface area contributed by atoms with Crippen LogP contribution in [0.1, 0.15) is 13.3 Å². The molecule has 5 heteroatoms. The molecule has 0 bridgehead atoms. The quantitative estimate of drug-likeness (QED) is 0.737. The molecule has 0 spiro atoms. The minimum Gasteiger partial charge on any atom is -0.497 e. The summed E-state index contributed by atoms with van der Waals surface area (Å²) < 4.78 is 30.9. The molecule has 18 heavy (non-hydrogen) atoms. The number of terminal acetylenes is 1. The van der Waals surface area contributed by atoms with Crippen LogP contribution in [-0.4, -0.2) is 32.9 Å². The van der Waals surface area contributed by atoms with Crippen molar-refractivity contribution in [1.82, 2.24) is 4.31 Å². The van der Waals surface area contributed by atoms with Crippen LogP contribution < -0.4 is 4.74 Å². The highest BCUT2D eigenvalue weighted by Gasteiger charge is 2.22. The molecule has 1 aromatic rings. The van der Waals surface area contributed by atoms with Gasteiger partial charge >= 0.3 is 0 Å². The summed E-state index contributed by atoms with van der Waals surface area (Å²) >= 11 is 0. The van der Waals surface area contributed by atoms with Crippen molar-refractivity contribution in [1.29, 1.82) is 0 Å². The summed E-state index contributed by atoms with van der Waals surface area (Å²) in [4.78, 5) is 0.229. The van der Waals surface area contributed by atoms with Crippen LogP contribution in [0.5, 0.6) is 5.75 Å². The first kappa shape index (κ1) is 14.6. The lowest BCUT2D eigenvalue weighted by Crippen LogP contribution is -2.32. The maximum absolute atomic E-state index is 12.3. The smallest absolute Gasteiger partial charge is 0.243 e. The van der Waals surface area contributed by atoms with Crippen LogP contribution in [0.3, 0.4) is 0 Å². The Morgan fingerprint density at radius 2 is 1.94 bits per heavy atom. The van der Waals surface area contributed by atoms with Crippen molar-refractivity contribution >= 4 is 10.0 Å². The van der Waals surface area contributed by atoms with Crippen molar-refractivity contribution in [2.24, 2.45) is 0 Å². The fourth-order valence-electron chi connectivity index (χ4n) is 1.53. The summed E-state index contributed by atoms with van der Waals surface area (Å²) in [5.41, 5.74) is 0. The third-order valence-corrected chi connectivity index (χ3v) is 4.30. The van der Waals surface area contributed by atoms with Gasteiger partial charge in [0.25, 0.3) is 0 Å². The van der Waals surface area contributed by atoms with Gasteiger partial charge in [-0.1, -0.05) is 12.8 Å². The Kier molecular flexibility index (Phi) is 5.20. The molecule has 0 N–H and O–H groups in total. The number of benzene rings is 1. The minimum absolute atomic E-state index is 0.0855. The molecule has 0 aliphatic rings. The Labute approximate surface area is 109 Å². The fourth-order valence-corrected chi connectivity index (χ4v) is 2.98. The highest BCUT2D eigenvalue weighted by molar-refractivity contribution is 7.89. The van der Waals surface area contributed by atoms with Crippen molar-refractivity contribution in [3.8, 4) is 18.1 Å². The molecule has 0 aromatic heterocycles. The van der Waals surface area contributed by atoms with Gasteiger partial charge in [-0.25, -0.2) is 8.42 Å². The predicted octanol–water partition coefficient (Wildman–Crippen LogP) is 1.73. The van der Waals surface area contributed by atoms with Gasteiger partial charge in [0.1, 0.15) is 5.75 Å². The second-order valence-corrected chi connectivity index (χ2v) is 5.66. The molecule has 0 aliphatic carbocycles. The van der Waals surface area contributed by atoms with Crippen LogP contribution in [0.25, 0.3) is 0 Å². The van der Waals surface area contributed by atoms with Crippen LogP contribution in [0, 0.1) is 12.3 Å². The van der Waals surface area contributed by atoms with E-state index in [2.05, 4.69) is 5.92 Å². The number of hydrogen-bond acceptors (Lipinski definition) is 3. The second kappa shape index (κ2) is 6.43. The van der Waals surface area contributed by atoms with Crippen LogP contribution in [0.2, 0.25) is 0 Å². The largest absolute Gasteiger partial charge is 0.497 e. The highest BCUT2D eigenvalue weighted by Crippen LogP contribution is 2.19. The van der Waals surface area contributed by atoms with E-state index in [9.17, 15) is 8.42 Å². The summed E-state index contributed by atoms with van der Waals surface area (Å²) in [6, 6.07) is 6.28. The molecule has 98 valence electrons. The van der Waals surface area contributed by atoms with Crippen LogP contribution in [0.15, 0.2) is 29.2 Å². The lowest BCUT2D eigenvalue weighted by molar-refractivity contribution is 0.414. The van der Waals surface area contributed by atoms with Gasteiger partial charge < -0.3 is 4.74 Å². The van der Waals surface area contributed by atoms with Gasteiger partial charge in [-0.2, -0.15) is 4.31 Å². The molecule has 0 atom stereocenters. The Morgan fingerprint density at radius 3 is 2.39 bits per heavy atom. The molecule has 4 nitrogen and oxygen atoms in total. The number of methoxy groups -OCH3 is 1. The predicted molar refractivity (Wildman–Crippen MR) is 70.9 cm³/mol. The Morgan fingerprint density at radius 1 is 1.33 bits per heavy atom. The Hall–Kier alpha value is -1.51. The van der Waals surface area contributed by atoms with Gasteiger partial charge in [0.2, 0.25) is 10.0 Å². The molecule has 0 heterocycles. The normalized spacial score (nSPS) is 11.2. The molecular weight excluding hydrogens is 250 g/mol. The first-order valence-electron chi connectivity index (χ1n) is 5.64. The molecule has 0 fully saturated rings. The number of hydrogen-bond donors (Lipinski definition) is 0. The first-order valence-corrected chi connectivity index (χ1v) is 7.08. The van der Waals surface area contributed by atoms with E-state index in [0.717, 1.165) is 6.42 Å². The third-order valence-electron chi connectivity index (χ3n) is 2.44. The van der Waals surface area contributed by atoms with Crippen molar-refractivity contribution in [2.45, 2.75) is 18.2 Å². The molecule has 1 rings (SSSR count). The lowest BCUT2D eigenvalue weighted by Gasteiger charge is -2.19. The zero-order valence-electron chi connectivity index (χ0n) is 10.6. The standard InChI is InChI=1S/C13H17NO3S/c1-4-10-14(11-5-2)18(15,16)13-8-6-12(17-3)7-9-13/h1,6-9H,5,10-11H2,2-3H3. The molecule has 0 saturated carbocycles. The number of ether oxygens (including phenoxy) is 1. The van der Waals surface area contributed by atoms with Crippen LogP contribution in [-0.2, 0) is 10.0 Å². The van der Waals surface area contributed by atoms with E-state index < -0.39 is 10.0 Å².